The second-order valence-electron chi connectivity index (χ2n) is 8.29. The van der Waals surface area contributed by atoms with Gasteiger partial charge < -0.3 is 14.8 Å². The lowest BCUT2D eigenvalue weighted by atomic mass is 9.99. The van der Waals surface area contributed by atoms with Crippen molar-refractivity contribution in [3.8, 4) is 0 Å². The molecule has 2 heterocycles. The van der Waals surface area contributed by atoms with Crippen LogP contribution in [0.3, 0.4) is 0 Å². The van der Waals surface area contributed by atoms with Gasteiger partial charge in [0.15, 0.2) is 12.6 Å². The van der Waals surface area contributed by atoms with Crippen molar-refractivity contribution in [1.82, 2.24) is 4.72 Å². The van der Waals surface area contributed by atoms with Crippen molar-refractivity contribution in [3.63, 3.8) is 0 Å². The first-order valence-corrected chi connectivity index (χ1v) is 12.4. The second-order valence-corrected chi connectivity index (χ2v) is 10.00. The fraction of sp³-hybridized carbons (Fsp3) is 0.571. The monoisotopic (exact) mass is 447 g/mol. The van der Waals surface area contributed by atoms with Gasteiger partial charge in [0, 0.05) is 12.3 Å². The standard InChI is InChI=1S/C21H26N4O5S/c1-2-29-15-11-25-20(30-12-15)18(10-22-25)31(27,28)24-21(26)23-19-16-7-3-5-13(16)9-14-6-4-8-17(14)19/h9,15H,2-8,10-12H2,1H3,(H-,23,24,26)/p+1/t15-/m0/s1. The topological polar surface area (TPSA) is 109 Å². The number of hydrogen-bond donors (Lipinski definition) is 2. The van der Waals surface area contributed by atoms with Crippen molar-refractivity contribution in [2.24, 2.45) is 5.11 Å². The number of amides is 2. The third-order valence-corrected chi connectivity index (χ3v) is 7.71. The summed E-state index contributed by atoms with van der Waals surface area (Å²) in [6.45, 7) is 3.05. The van der Waals surface area contributed by atoms with Crippen LogP contribution in [-0.2, 0) is 45.2 Å². The maximum Gasteiger partial charge on any atom is 0.412 e. The van der Waals surface area contributed by atoms with Crippen LogP contribution in [0.2, 0.25) is 0 Å². The van der Waals surface area contributed by atoms with Gasteiger partial charge in [-0.2, -0.15) is 0 Å². The molecular formula is C21H27N4O5S+. The molecule has 0 bridgehead atoms. The van der Waals surface area contributed by atoms with E-state index >= 15 is 0 Å². The van der Waals surface area contributed by atoms with E-state index in [2.05, 4.69) is 21.2 Å². The molecule has 0 saturated carbocycles. The Bertz CT molecular complexity index is 1080. The van der Waals surface area contributed by atoms with Gasteiger partial charge in [0.1, 0.15) is 6.61 Å². The van der Waals surface area contributed by atoms with Gasteiger partial charge >= 0.3 is 11.9 Å². The average molecular weight is 448 g/mol. The van der Waals surface area contributed by atoms with Gasteiger partial charge in [-0.05, 0) is 72.8 Å². The fourth-order valence-electron chi connectivity index (χ4n) is 4.96. The summed E-state index contributed by atoms with van der Waals surface area (Å²) in [5, 5.41) is 7.09. The first-order valence-electron chi connectivity index (χ1n) is 10.9. The van der Waals surface area contributed by atoms with E-state index in [1.165, 1.54) is 15.8 Å². The normalized spacial score (nSPS) is 21.8. The van der Waals surface area contributed by atoms with E-state index in [0.29, 0.717) is 13.2 Å². The Morgan fingerprint density at radius 2 is 1.94 bits per heavy atom. The highest BCUT2D eigenvalue weighted by Crippen LogP contribution is 2.38. The van der Waals surface area contributed by atoms with Crippen LogP contribution >= 0.6 is 0 Å². The van der Waals surface area contributed by atoms with Gasteiger partial charge in [0.2, 0.25) is 11.4 Å². The van der Waals surface area contributed by atoms with Gasteiger partial charge in [0.25, 0.3) is 10.0 Å². The molecular weight excluding hydrogens is 420 g/mol. The molecule has 1 fully saturated rings. The van der Waals surface area contributed by atoms with Crippen molar-refractivity contribution in [2.75, 3.05) is 31.6 Å². The number of sulfonamides is 1. The third kappa shape index (κ3) is 3.71. The number of carbonyl (C=O) groups excluding carboxylic acids is 1. The maximum absolute atomic E-state index is 12.9. The van der Waals surface area contributed by atoms with Crippen LogP contribution in [0.1, 0.15) is 42.0 Å². The van der Waals surface area contributed by atoms with Crippen molar-refractivity contribution in [3.05, 3.63) is 39.1 Å². The molecule has 1 aromatic rings. The minimum Gasteiger partial charge on any atom is -0.439 e. The second kappa shape index (κ2) is 7.90. The number of aryl methyl sites for hydroxylation is 2. The molecule has 1 aromatic carbocycles. The molecule has 2 aliphatic carbocycles. The number of benzene rings is 1. The molecule has 166 valence electrons. The summed E-state index contributed by atoms with van der Waals surface area (Å²) in [6.07, 6.45) is 5.76. The summed E-state index contributed by atoms with van der Waals surface area (Å²) in [7, 11) is -4.09. The van der Waals surface area contributed by atoms with Crippen molar-refractivity contribution in [2.45, 2.75) is 51.6 Å². The minimum atomic E-state index is -4.09. The fourth-order valence-corrected chi connectivity index (χ4v) is 6.00. The number of nitrogens with one attached hydrogen (secondary N) is 2. The van der Waals surface area contributed by atoms with Crippen LogP contribution in [0.5, 0.6) is 0 Å². The molecule has 2 amide bonds. The molecule has 0 aromatic heterocycles. The van der Waals surface area contributed by atoms with Crippen LogP contribution in [0, 0.1) is 0 Å². The van der Waals surface area contributed by atoms with Crippen molar-refractivity contribution in [1.29, 1.82) is 0 Å². The van der Waals surface area contributed by atoms with Gasteiger partial charge in [-0.1, -0.05) is 10.8 Å². The summed E-state index contributed by atoms with van der Waals surface area (Å²) in [5.41, 5.74) is 5.64. The quantitative estimate of drug-likeness (QED) is 0.673. The Morgan fingerprint density at radius 1 is 1.23 bits per heavy atom. The van der Waals surface area contributed by atoms with E-state index in [-0.39, 0.29) is 30.0 Å². The zero-order valence-corrected chi connectivity index (χ0v) is 18.4. The average Bonchev–Trinajstić information content (AvgIpc) is 3.46. The Labute approximate surface area is 181 Å². The van der Waals surface area contributed by atoms with E-state index in [4.69, 9.17) is 9.47 Å². The minimum absolute atomic E-state index is 0.0267. The highest BCUT2D eigenvalue weighted by Gasteiger charge is 2.43. The number of ether oxygens (including phenoxy) is 2. The number of urea groups is 1. The van der Waals surface area contributed by atoms with Crippen molar-refractivity contribution < 1.29 is 27.4 Å². The lowest BCUT2D eigenvalue weighted by Crippen LogP contribution is -2.39. The van der Waals surface area contributed by atoms with Crippen LogP contribution in [0.25, 0.3) is 0 Å². The van der Waals surface area contributed by atoms with Crippen LogP contribution in [-0.4, -0.2) is 51.6 Å². The summed E-state index contributed by atoms with van der Waals surface area (Å²) in [5.74, 6) is 0.178. The first kappa shape index (κ1) is 20.4. The summed E-state index contributed by atoms with van der Waals surface area (Å²) >= 11 is 0. The van der Waals surface area contributed by atoms with E-state index < -0.39 is 16.1 Å². The lowest BCUT2D eigenvalue weighted by molar-refractivity contribution is -0.592. The van der Waals surface area contributed by atoms with E-state index in [1.54, 1.807) is 0 Å². The Balaban J connectivity index is 1.34. The molecule has 2 aliphatic heterocycles. The smallest absolute Gasteiger partial charge is 0.412 e. The predicted molar refractivity (Wildman–Crippen MR) is 112 cm³/mol. The molecule has 9 nitrogen and oxygen atoms in total. The number of fused-ring (bicyclic) bond motifs is 3. The molecule has 0 radical (unpaired) electrons. The predicted octanol–water partition coefficient (Wildman–Crippen LogP) is 2.20. The van der Waals surface area contributed by atoms with Crippen molar-refractivity contribution >= 4 is 21.7 Å². The molecule has 4 aliphatic rings. The Hall–Kier alpha value is -2.46. The summed E-state index contributed by atoms with van der Waals surface area (Å²) in [4.78, 5) is 12.7. The third-order valence-electron chi connectivity index (χ3n) is 6.31. The Morgan fingerprint density at radius 3 is 2.61 bits per heavy atom. The molecule has 1 saturated heterocycles. The molecule has 5 rings (SSSR count). The molecule has 2 N–H and O–H groups in total. The zero-order valence-electron chi connectivity index (χ0n) is 17.6. The molecule has 1 atom stereocenters. The SMILES string of the molecule is CCO[C@@H]1COC2=C(S(=O)(=O)NC(=O)Nc3c4c(cc5c3CCC5)CCC4)CN=[N+]2C1. The van der Waals surface area contributed by atoms with Gasteiger partial charge in [0.05, 0.1) is 0 Å². The van der Waals surface area contributed by atoms with E-state index in [1.807, 2.05) is 6.92 Å². The lowest BCUT2D eigenvalue weighted by Gasteiger charge is -2.19. The number of rotatable bonds is 5. The number of carbonyl (C=O) groups is 1. The molecule has 31 heavy (non-hydrogen) atoms. The van der Waals surface area contributed by atoms with Gasteiger partial charge in [-0.3, -0.25) is 0 Å². The highest BCUT2D eigenvalue weighted by molar-refractivity contribution is 7.94. The first-order chi connectivity index (χ1) is 15.0. The van der Waals surface area contributed by atoms with Crippen LogP contribution in [0.4, 0.5) is 10.5 Å². The van der Waals surface area contributed by atoms with E-state index in [9.17, 15) is 13.2 Å². The number of anilines is 1. The largest absolute Gasteiger partial charge is 0.439 e. The molecule has 10 heteroatoms. The summed E-state index contributed by atoms with van der Waals surface area (Å²) in [6, 6.07) is 1.52. The Kier molecular flexibility index (Phi) is 5.21. The number of nitrogens with zero attached hydrogens (tertiary/aromatic N) is 2. The van der Waals surface area contributed by atoms with Gasteiger partial charge in [-0.15, -0.1) is 0 Å². The number of hydrogen-bond acceptors (Lipinski definition) is 6. The van der Waals surface area contributed by atoms with E-state index in [0.717, 1.165) is 55.3 Å². The van der Waals surface area contributed by atoms with Gasteiger partial charge in [-0.25, -0.2) is 17.9 Å². The zero-order chi connectivity index (χ0) is 21.6. The van der Waals surface area contributed by atoms with Crippen LogP contribution in [0.15, 0.2) is 22.0 Å². The van der Waals surface area contributed by atoms with Crippen LogP contribution < -0.4 is 10.0 Å². The number of azo groups is 2. The highest BCUT2D eigenvalue weighted by atomic mass is 32.2. The summed E-state index contributed by atoms with van der Waals surface area (Å²) < 4.78 is 40.7. The molecule has 0 unspecified atom stereocenters. The maximum atomic E-state index is 12.9. The molecule has 0 spiro atoms.